The maximum absolute atomic E-state index is 15.9. The molecule has 1 aliphatic carbocycles. The molecule has 0 heterocycles. The largest absolute Gasteiger partial charge is 0.233 e. The molecule has 0 spiro atoms. The fourth-order valence-corrected chi connectivity index (χ4v) is 3.13. The summed E-state index contributed by atoms with van der Waals surface area (Å²) in [6.07, 6.45) is 4.99. The van der Waals surface area contributed by atoms with Crippen LogP contribution < -0.4 is 0 Å². The van der Waals surface area contributed by atoms with Crippen molar-refractivity contribution in [2.75, 3.05) is 0 Å². The Morgan fingerprint density at radius 3 is 2.42 bits per heavy atom. The summed E-state index contributed by atoms with van der Waals surface area (Å²) in [5, 5.41) is 0. The lowest BCUT2D eigenvalue weighted by atomic mass is 9.77. The van der Waals surface area contributed by atoms with Crippen molar-refractivity contribution in [1.29, 1.82) is 0 Å². The first-order valence-electron chi connectivity index (χ1n) is 7.77. The van der Waals surface area contributed by atoms with Crippen LogP contribution in [-0.2, 0) is 12.1 Å². The van der Waals surface area contributed by atoms with Crippen LogP contribution in [0.2, 0.25) is 0 Å². The van der Waals surface area contributed by atoms with Gasteiger partial charge in [0.1, 0.15) is 0 Å². The predicted octanol–water partition coefficient (Wildman–Crippen LogP) is 5.87. The minimum absolute atomic E-state index is 0.0200. The number of halogens is 4. The van der Waals surface area contributed by atoms with E-state index < -0.39 is 23.1 Å². The van der Waals surface area contributed by atoms with Gasteiger partial charge in [0.15, 0.2) is 23.1 Å². The number of hydrogen-bond donors (Lipinski definition) is 0. The lowest BCUT2D eigenvalue weighted by Crippen LogP contribution is -2.24. The van der Waals surface area contributed by atoms with Crippen LogP contribution >= 0.6 is 0 Å². The van der Waals surface area contributed by atoms with E-state index in [1.807, 2.05) is 0 Å². The quantitative estimate of drug-likeness (QED) is 0.487. The first-order chi connectivity index (χ1) is 11.5. The number of rotatable bonds is 3. The average Bonchev–Trinajstić information content (AvgIpc) is 2.61. The van der Waals surface area contributed by atoms with Crippen LogP contribution in [0.1, 0.15) is 30.0 Å². The summed E-state index contributed by atoms with van der Waals surface area (Å²) in [5.41, 5.74) is -1.33. The third-order valence-corrected chi connectivity index (χ3v) is 4.36. The monoisotopic (exact) mass is 332 g/mol. The number of benzene rings is 2. The van der Waals surface area contributed by atoms with Crippen molar-refractivity contribution >= 4 is 5.57 Å². The smallest absolute Gasteiger partial charge is 0.194 e. The molecule has 2 aromatic rings. The molecule has 3 rings (SSSR count). The molecule has 0 N–H and O–H groups in total. The molecule has 0 saturated heterocycles. The molecule has 0 nitrogen and oxygen atoms in total. The second-order valence-corrected chi connectivity index (χ2v) is 5.75. The molecule has 0 aromatic heterocycles. The molecule has 24 heavy (non-hydrogen) atoms. The molecular formula is C20H16F4. The van der Waals surface area contributed by atoms with E-state index in [0.717, 1.165) is 6.07 Å². The molecule has 0 aliphatic heterocycles. The van der Waals surface area contributed by atoms with E-state index >= 15 is 4.39 Å². The van der Waals surface area contributed by atoms with E-state index in [2.05, 4.69) is 0 Å². The second-order valence-electron chi connectivity index (χ2n) is 5.75. The van der Waals surface area contributed by atoms with Crippen molar-refractivity contribution in [3.05, 3.63) is 88.8 Å². The van der Waals surface area contributed by atoms with E-state index in [9.17, 15) is 13.2 Å². The number of alkyl halides is 1. The first-order valence-corrected chi connectivity index (χ1v) is 7.77. The Balaban J connectivity index is 2.24. The van der Waals surface area contributed by atoms with E-state index in [1.165, 1.54) is 6.08 Å². The molecule has 1 unspecified atom stereocenters. The van der Waals surface area contributed by atoms with E-state index in [0.29, 0.717) is 5.56 Å². The highest BCUT2D eigenvalue weighted by molar-refractivity contribution is 5.78. The van der Waals surface area contributed by atoms with E-state index in [1.54, 1.807) is 49.4 Å². The van der Waals surface area contributed by atoms with Gasteiger partial charge >= 0.3 is 0 Å². The van der Waals surface area contributed by atoms with Crippen molar-refractivity contribution in [2.24, 2.45) is 0 Å². The van der Waals surface area contributed by atoms with Crippen LogP contribution in [0.25, 0.3) is 5.57 Å². The van der Waals surface area contributed by atoms with Gasteiger partial charge in [-0.15, -0.1) is 0 Å². The highest BCUT2D eigenvalue weighted by Crippen LogP contribution is 2.46. The molecule has 0 bridgehead atoms. The topological polar surface area (TPSA) is 0 Å². The summed E-state index contributed by atoms with van der Waals surface area (Å²) in [6, 6.07) is 9.34. The lowest BCUT2D eigenvalue weighted by Gasteiger charge is -2.31. The molecule has 0 amide bonds. The third kappa shape index (κ3) is 2.56. The SMILES string of the molecule is CCc1c(C2=CC=CCC2(F)c2ccccc2)cc(F)c(F)c1F. The van der Waals surface area contributed by atoms with Gasteiger partial charge in [0.05, 0.1) is 0 Å². The molecule has 124 valence electrons. The fraction of sp³-hybridized carbons (Fsp3) is 0.200. The molecule has 0 saturated carbocycles. The van der Waals surface area contributed by atoms with Crippen LogP contribution in [0.5, 0.6) is 0 Å². The van der Waals surface area contributed by atoms with Gasteiger partial charge in [-0.05, 0) is 29.2 Å². The second kappa shape index (κ2) is 6.27. The molecule has 1 aliphatic rings. The van der Waals surface area contributed by atoms with Gasteiger partial charge in [-0.1, -0.05) is 55.5 Å². The molecule has 2 aromatic carbocycles. The van der Waals surface area contributed by atoms with Gasteiger partial charge in [-0.2, -0.15) is 0 Å². The first kappa shape index (κ1) is 16.5. The Bertz CT molecular complexity index is 821. The highest BCUT2D eigenvalue weighted by Gasteiger charge is 2.38. The molecule has 0 radical (unpaired) electrons. The number of allylic oxidation sites excluding steroid dienone is 4. The Kier molecular flexibility index (Phi) is 4.31. The van der Waals surface area contributed by atoms with Crippen molar-refractivity contribution in [2.45, 2.75) is 25.4 Å². The average molecular weight is 332 g/mol. The van der Waals surface area contributed by atoms with Gasteiger partial charge in [-0.3, -0.25) is 0 Å². The summed E-state index contributed by atoms with van der Waals surface area (Å²) in [6.45, 7) is 1.63. The summed E-state index contributed by atoms with van der Waals surface area (Å²) in [4.78, 5) is 0. The highest BCUT2D eigenvalue weighted by atomic mass is 19.2. The zero-order chi connectivity index (χ0) is 17.3. The molecular weight excluding hydrogens is 316 g/mol. The molecule has 1 atom stereocenters. The Labute approximate surface area is 138 Å². The predicted molar refractivity (Wildman–Crippen MR) is 86.7 cm³/mol. The van der Waals surface area contributed by atoms with E-state index in [-0.39, 0.29) is 29.5 Å². The molecule has 4 heteroatoms. The van der Waals surface area contributed by atoms with Crippen molar-refractivity contribution in [1.82, 2.24) is 0 Å². The minimum atomic E-state index is -1.92. The van der Waals surface area contributed by atoms with Gasteiger partial charge < -0.3 is 0 Å². The summed E-state index contributed by atoms with van der Waals surface area (Å²) in [5.74, 6) is -4.09. The standard InChI is InChI=1S/C20H16F4/c1-2-14-15(12-17(21)19(23)18(14)22)16-10-6-7-11-20(16,24)13-8-4-3-5-9-13/h3-10,12H,2,11H2,1H3. The van der Waals surface area contributed by atoms with Gasteiger partial charge in [-0.25, -0.2) is 17.6 Å². The van der Waals surface area contributed by atoms with Crippen LogP contribution in [0, 0.1) is 17.5 Å². The third-order valence-electron chi connectivity index (χ3n) is 4.36. The summed E-state index contributed by atoms with van der Waals surface area (Å²) >= 11 is 0. The minimum Gasteiger partial charge on any atom is -0.233 e. The van der Waals surface area contributed by atoms with Gasteiger partial charge in [0.25, 0.3) is 0 Å². The van der Waals surface area contributed by atoms with Crippen molar-refractivity contribution < 1.29 is 17.6 Å². The Hall–Kier alpha value is -2.36. The maximum atomic E-state index is 15.9. The zero-order valence-electron chi connectivity index (χ0n) is 13.1. The zero-order valence-corrected chi connectivity index (χ0v) is 13.1. The number of hydrogen-bond acceptors (Lipinski definition) is 0. The van der Waals surface area contributed by atoms with Crippen LogP contribution in [0.4, 0.5) is 17.6 Å². The maximum Gasteiger partial charge on any atom is 0.194 e. The molecule has 0 fully saturated rings. The fourth-order valence-electron chi connectivity index (χ4n) is 3.13. The van der Waals surface area contributed by atoms with Gasteiger partial charge in [0.2, 0.25) is 0 Å². The lowest BCUT2D eigenvalue weighted by molar-refractivity contribution is 0.249. The van der Waals surface area contributed by atoms with E-state index in [4.69, 9.17) is 0 Å². The van der Waals surface area contributed by atoms with Crippen molar-refractivity contribution in [3.8, 4) is 0 Å². The van der Waals surface area contributed by atoms with Crippen LogP contribution in [0.3, 0.4) is 0 Å². The summed E-state index contributed by atoms with van der Waals surface area (Å²) < 4.78 is 57.4. The van der Waals surface area contributed by atoms with Crippen LogP contribution in [-0.4, -0.2) is 0 Å². The summed E-state index contributed by atoms with van der Waals surface area (Å²) in [7, 11) is 0. The van der Waals surface area contributed by atoms with Crippen molar-refractivity contribution in [3.63, 3.8) is 0 Å². The van der Waals surface area contributed by atoms with Gasteiger partial charge in [0, 0.05) is 12.0 Å². The Morgan fingerprint density at radius 1 is 1.04 bits per heavy atom. The van der Waals surface area contributed by atoms with Crippen LogP contribution in [0.15, 0.2) is 54.6 Å². The normalized spacial score (nSPS) is 20.1. The Morgan fingerprint density at radius 2 is 1.75 bits per heavy atom.